The van der Waals surface area contributed by atoms with Crippen molar-refractivity contribution in [1.29, 1.82) is 0 Å². The molecule has 1 amide bonds. The third-order valence-corrected chi connectivity index (χ3v) is 6.93. The fourth-order valence-corrected chi connectivity index (χ4v) is 5.14. The van der Waals surface area contributed by atoms with Gasteiger partial charge in [0.05, 0.1) is 20.8 Å². The summed E-state index contributed by atoms with van der Waals surface area (Å²) in [6.45, 7) is 2.03. The minimum absolute atomic E-state index is 0.0645. The van der Waals surface area contributed by atoms with E-state index in [2.05, 4.69) is 14.6 Å². The number of carbonyl (C=O) groups is 1. The van der Waals surface area contributed by atoms with Crippen molar-refractivity contribution in [3.63, 3.8) is 0 Å². The zero-order valence-electron chi connectivity index (χ0n) is 14.4. The molecule has 0 spiro atoms. The van der Waals surface area contributed by atoms with E-state index < -0.39 is 15.9 Å². The van der Waals surface area contributed by atoms with Gasteiger partial charge in [0, 0.05) is 18.7 Å². The van der Waals surface area contributed by atoms with Gasteiger partial charge in [-0.2, -0.15) is 0 Å². The SMILES string of the molecule is NC(=O)c1ccc(S(=O)(=O)Nc2ccc3nc(N4CCCC4)sc3c2)cc1. The Bertz CT molecular complexity index is 1100. The molecule has 1 aliphatic heterocycles. The van der Waals surface area contributed by atoms with E-state index in [-0.39, 0.29) is 10.5 Å². The second-order valence-electron chi connectivity index (χ2n) is 6.37. The van der Waals surface area contributed by atoms with Crippen molar-refractivity contribution in [2.45, 2.75) is 17.7 Å². The number of nitrogens with two attached hydrogens (primary N) is 1. The molecular formula is C18H18N4O3S2. The second-order valence-corrected chi connectivity index (χ2v) is 9.06. The number of aromatic nitrogens is 1. The van der Waals surface area contributed by atoms with E-state index in [4.69, 9.17) is 5.73 Å². The molecule has 1 aliphatic rings. The summed E-state index contributed by atoms with van der Waals surface area (Å²) in [5.74, 6) is -0.601. The number of nitrogens with zero attached hydrogens (tertiary/aromatic N) is 2. The first-order valence-corrected chi connectivity index (χ1v) is 10.8. The fourth-order valence-electron chi connectivity index (χ4n) is 3.03. The zero-order chi connectivity index (χ0) is 19.0. The minimum Gasteiger partial charge on any atom is -0.366 e. The highest BCUT2D eigenvalue weighted by Gasteiger charge is 2.18. The van der Waals surface area contributed by atoms with Crippen molar-refractivity contribution in [3.05, 3.63) is 48.0 Å². The van der Waals surface area contributed by atoms with E-state index in [1.165, 1.54) is 37.1 Å². The van der Waals surface area contributed by atoms with Crippen LogP contribution < -0.4 is 15.4 Å². The van der Waals surface area contributed by atoms with Crippen molar-refractivity contribution in [2.75, 3.05) is 22.7 Å². The van der Waals surface area contributed by atoms with Gasteiger partial charge in [-0.3, -0.25) is 9.52 Å². The van der Waals surface area contributed by atoms with Gasteiger partial charge < -0.3 is 10.6 Å². The first-order valence-electron chi connectivity index (χ1n) is 8.51. The molecular weight excluding hydrogens is 384 g/mol. The number of hydrogen-bond donors (Lipinski definition) is 2. The molecule has 27 heavy (non-hydrogen) atoms. The van der Waals surface area contributed by atoms with E-state index in [0.717, 1.165) is 28.4 Å². The Hall–Kier alpha value is -2.65. The standard InChI is InChI=1S/C18H18N4O3S2/c19-17(23)12-3-6-14(7-4-12)27(24,25)21-13-5-8-15-16(11-13)26-18(20-15)22-9-1-2-10-22/h3-8,11,21H,1-2,9-10H2,(H2,19,23). The Balaban J connectivity index is 1.59. The van der Waals surface area contributed by atoms with E-state index in [1.54, 1.807) is 23.5 Å². The Kier molecular flexibility index (Phi) is 4.48. The predicted octanol–water partition coefficient (Wildman–Crippen LogP) is 2.80. The van der Waals surface area contributed by atoms with E-state index in [9.17, 15) is 13.2 Å². The molecule has 0 atom stereocenters. The molecule has 0 unspecified atom stereocenters. The highest BCUT2D eigenvalue weighted by Crippen LogP contribution is 2.32. The van der Waals surface area contributed by atoms with Crippen LogP contribution in [0.1, 0.15) is 23.2 Å². The van der Waals surface area contributed by atoms with Crippen LogP contribution in [0.5, 0.6) is 0 Å². The number of carbonyl (C=O) groups excluding carboxylic acids is 1. The van der Waals surface area contributed by atoms with Gasteiger partial charge in [0.1, 0.15) is 0 Å². The van der Waals surface area contributed by atoms with Crippen LogP contribution in [-0.4, -0.2) is 32.4 Å². The molecule has 2 heterocycles. The first-order chi connectivity index (χ1) is 12.9. The number of amides is 1. The number of benzene rings is 2. The lowest BCUT2D eigenvalue weighted by Gasteiger charge is -2.11. The number of primary amides is 1. The van der Waals surface area contributed by atoms with Crippen molar-refractivity contribution in [2.24, 2.45) is 5.73 Å². The fraction of sp³-hybridized carbons (Fsp3) is 0.222. The first kappa shape index (κ1) is 17.7. The zero-order valence-corrected chi connectivity index (χ0v) is 16.0. The third kappa shape index (κ3) is 3.60. The summed E-state index contributed by atoms with van der Waals surface area (Å²) in [4.78, 5) is 18.1. The molecule has 0 radical (unpaired) electrons. The molecule has 1 saturated heterocycles. The largest absolute Gasteiger partial charge is 0.366 e. The molecule has 1 aromatic heterocycles. The minimum atomic E-state index is -3.76. The summed E-state index contributed by atoms with van der Waals surface area (Å²) < 4.78 is 28.7. The van der Waals surface area contributed by atoms with Gasteiger partial charge in [-0.15, -0.1) is 0 Å². The van der Waals surface area contributed by atoms with Crippen molar-refractivity contribution >= 4 is 48.3 Å². The average molecular weight is 403 g/mol. The normalized spacial score (nSPS) is 14.6. The smallest absolute Gasteiger partial charge is 0.261 e. The van der Waals surface area contributed by atoms with Crippen LogP contribution in [0.25, 0.3) is 10.2 Å². The van der Waals surface area contributed by atoms with Crippen LogP contribution in [0.4, 0.5) is 10.8 Å². The molecule has 0 bridgehead atoms. The number of anilines is 2. The van der Waals surface area contributed by atoms with Crippen LogP contribution in [0.15, 0.2) is 47.4 Å². The van der Waals surface area contributed by atoms with E-state index in [1.807, 2.05) is 6.07 Å². The van der Waals surface area contributed by atoms with Gasteiger partial charge in [0.15, 0.2) is 5.13 Å². The van der Waals surface area contributed by atoms with Gasteiger partial charge in [-0.25, -0.2) is 13.4 Å². The summed E-state index contributed by atoms with van der Waals surface area (Å²) in [5, 5.41) is 0.976. The summed E-state index contributed by atoms with van der Waals surface area (Å²) in [7, 11) is -3.76. The van der Waals surface area contributed by atoms with Gasteiger partial charge in [0.2, 0.25) is 5.91 Å². The van der Waals surface area contributed by atoms with E-state index >= 15 is 0 Å². The highest BCUT2D eigenvalue weighted by atomic mass is 32.2. The molecule has 0 saturated carbocycles. The number of rotatable bonds is 5. The van der Waals surface area contributed by atoms with Crippen LogP contribution in [-0.2, 0) is 10.0 Å². The molecule has 7 nitrogen and oxygen atoms in total. The Labute approximate surface area is 160 Å². The number of fused-ring (bicyclic) bond motifs is 1. The number of thiazole rings is 1. The van der Waals surface area contributed by atoms with Crippen LogP contribution >= 0.6 is 11.3 Å². The molecule has 140 valence electrons. The maximum Gasteiger partial charge on any atom is 0.261 e. The quantitative estimate of drug-likeness (QED) is 0.683. The topological polar surface area (TPSA) is 105 Å². The highest BCUT2D eigenvalue weighted by molar-refractivity contribution is 7.92. The Morgan fingerprint density at radius 1 is 1.11 bits per heavy atom. The Morgan fingerprint density at radius 3 is 2.48 bits per heavy atom. The van der Waals surface area contributed by atoms with Crippen molar-refractivity contribution in [1.82, 2.24) is 4.98 Å². The summed E-state index contributed by atoms with van der Waals surface area (Å²) in [6.07, 6.45) is 2.35. The van der Waals surface area contributed by atoms with E-state index in [0.29, 0.717) is 5.69 Å². The molecule has 3 aromatic rings. The average Bonchev–Trinajstić information content (AvgIpc) is 3.30. The lowest BCUT2D eigenvalue weighted by molar-refractivity contribution is 0.1000. The van der Waals surface area contributed by atoms with Crippen molar-refractivity contribution < 1.29 is 13.2 Å². The third-order valence-electron chi connectivity index (χ3n) is 4.46. The van der Waals surface area contributed by atoms with Crippen molar-refractivity contribution in [3.8, 4) is 0 Å². The second kappa shape index (κ2) is 6.82. The predicted molar refractivity (Wildman–Crippen MR) is 107 cm³/mol. The monoisotopic (exact) mass is 402 g/mol. The summed E-state index contributed by atoms with van der Waals surface area (Å²) >= 11 is 1.56. The number of hydrogen-bond acceptors (Lipinski definition) is 6. The molecule has 1 fully saturated rings. The molecule has 2 aromatic carbocycles. The summed E-state index contributed by atoms with van der Waals surface area (Å²) in [6, 6.07) is 10.8. The molecule has 9 heteroatoms. The summed E-state index contributed by atoms with van der Waals surface area (Å²) in [5.41, 5.74) is 6.77. The Morgan fingerprint density at radius 2 is 1.81 bits per heavy atom. The van der Waals surface area contributed by atoms with Gasteiger partial charge >= 0.3 is 0 Å². The number of nitrogens with one attached hydrogen (secondary N) is 1. The van der Waals surface area contributed by atoms with Gasteiger partial charge in [0.25, 0.3) is 10.0 Å². The van der Waals surface area contributed by atoms with Crippen LogP contribution in [0, 0.1) is 0 Å². The van der Waals surface area contributed by atoms with Crippen LogP contribution in [0.3, 0.4) is 0 Å². The van der Waals surface area contributed by atoms with Gasteiger partial charge in [-0.05, 0) is 55.3 Å². The molecule has 3 N–H and O–H groups in total. The molecule has 0 aliphatic carbocycles. The molecule has 4 rings (SSSR count). The maximum absolute atomic E-state index is 12.6. The maximum atomic E-state index is 12.6. The van der Waals surface area contributed by atoms with Crippen LogP contribution in [0.2, 0.25) is 0 Å². The van der Waals surface area contributed by atoms with Gasteiger partial charge in [-0.1, -0.05) is 11.3 Å². The number of sulfonamides is 1. The lowest BCUT2D eigenvalue weighted by Crippen LogP contribution is -2.16. The lowest BCUT2D eigenvalue weighted by atomic mass is 10.2.